The topological polar surface area (TPSA) is 53.1 Å². The molecular weight excluding hydrogens is 262 g/mol. The maximum Gasteiger partial charge on any atom is 0.146 e. The van der Waals surface area contributed by atoms with E-state index >= 15 is 0 Å². The van der Waals surface area contributed by atoms with E-state index in [0.717, 1.165) is 11.4 Å². The first-order valence-electron chi connectivity index (χ1n) is 6.04. The van der Waals surface area contributed by atoms with Crippen LogP contribution >= 0.6 is 11.6 Å². The highest BCUT2D eigenvalue weighted by Crippen LogP contribution is 2.35. The predicted octanol–water partition coefficient (Wildman–Crippen LogP) is 3.41. The fourth-order valence-electron chi connectivity index (χ4n) is 1.88. The van der Waals surface area contributed by atoms with Gasteiger partial charge in [-0.2, -0.15) is 5.10 Å². The predicted molar refractivity (Wildman–Crippen MR) is 78.2 cm³/mol. The lowest BCUT2D eigenvalue weighted by Crippen LogP contribution is -2.13. The summed E-state index contributed by atoms with van der Waals surface area (Å²) in [6.45, 7) is 6.15. The molecule has 5 heteroatoms. The molecule has 4 nitrogen and oxygen atoms in total. The van der Waals surface area contributed by atoms with Gasteiger partial charge in [-0.25, -0.2) is 4.68 Å². The van der Waals surface area contributed by atoms with Crippen LogP contribution in [0.15, 0.2) is 24.3 Å². The van der Waals surface area contributed by atoms with Gasteiger partial charge in [0.15, 0.2) is 0 Å². The van der Waals surface area contributed by atoms with E-state index in [1.54, 1.807) is 11.8 Å². The highest BCUT2D eigenvalue weighted by Gasteiger charge is 2.25. The van der Waals surface area contributed by atoms with E-state index in [-0.39, 0.29) is 5.41 Å². The van der Waals surface area contributed by atoms with Gasteiger partial charge in [-0.15, -0.1) is 0 Å². The van der Waals surface area contributed by atoms with Gasteiger partial charge < -0.3 is 10.5 Å². The van der Waals surface area contributed by atoms with Crippen molar-refractivity contribution in [1.82, 2.24) is 9.78 Å². The van der Waals surface area contributed by atoms with Crippen molar-refractivity contribution in [2.75, 3.05) is 12.8 Å². The lowest BCUT2D eigenvalue weighted by molar-refractivity contribution is 0.411. The minimum atomic E-state index is -0.168. The summed E-state index contributed by atoms with van der Waals surface area (Å²) in [6, 6.07) is 7.56. The second-order valence-electron chi connectivity index (χ2n) is 5.38. The van der Waals surface area contributed by atoms with Crippen molar-refractivity contribution < 1.29 is 4.74 Å². The van der Waals surface area contributed by atoms with Crippen molar-refractivity contribution in [2.24, 2.45) is 0 Å². The van der Waals surface area contributed by atoms with Crippen molar-refractivity contribution in [3.63, 3.8) is 0 Å². The quantitative estimate of drug-likeness (QED) is 0.916. The number of aromatic nitrogens is 2. The SMILES string of the molecule is COc1ccccc1-n1nc(C(C)(C)C)c(Cl)c1N. The number of benzene rings is 1. The summed E-state index contributed by atoms with van der Waals surface area (Å²) in [5.74, 6) is 1.13. The lowest BCUT2D eigenvalue weighted by atomic mass is 9.92. The fraction of sp³-hybridized carbons (Fsp3) is 0.357. The number of anilines is 1. The van der Waals surface area contributed by atoms with E-state index in [2.05, 4.69) is 5.10 Å². The van der Waals surface area contributed by atoms with Gasteiger partial charge in [0.05, 0.1) is 12.8 Å². The van der Waals surface area contributed by atoms with Crippen LogP contribution in [0.25, 0.3) is 5.69 Å². The molecule has 0 fully saturated rings. The number of para-hydroxylation sites is 2. The third kappa shape index (κ3) is 2.40. The third-order valence-electron chi connectivity index (χ3n) is 2.88. The first-order chi connectivity index (χ1) is 8.86. The molecule has 0 saturated heterocycles. The van der Waals surface area contributed by atoms with Crippen molar-refractivity contribution in [2.45, 2.75) is 26.2 Å². The molecule has 1 heterocycles. The van der Waals surface area contributed by atoms with Gasteiger partial charge in [0.1, 0.15) is 22.3 Å². The average Bonchev–Trinajstić information content (AvgIpc) is 2.66. The molecule has 0 spiro atoms. The summed E-state index contributed by atoms with van der Waals surface area (Å²) in [7, 11) is 1.62. The molecule has 0 saturated carbocycles. The van der Waals surface area contributed by atoms with Gasteiger partial charge in [-0.05, 0) is 12.1 Å². The molecule has 2 N–H and O–H groups in total. The van der Waals surface area contributed by atoms with Crippen molar-refractivity contribution in [3.8, 4) is 11.4 Å². The van der Waals surface area contributed by atoms with Crippen LogP contribution < -0.4 is 10.5 Å². The minimum absolute atomic E-state index is 0.168. The molecule has 0 bridgehead atoms. The zero-order chi connectivity index (χ0) is 14.2. The van der Waals surface area contributed by atoms with E-state index < -0.39 is 0 Å². The van der Waals surface area contributed by atoms with E-state index in [1.165, 1.54) is 0 Å². The van der Waals surface area contributed by atoms with E-state index in [9.17, 15) is 0 Å². The molecule has 0 unspecified atom stereocenters. The Morgan fingerprint density at radius 3 is 2.42 bits per heavy atom. The van der Waals surface area contributed by atoms with Gasteiger partial charge in [0.25, 0.3) is 0 Å². The molecule has 2 aromatic rings. The van der Waals surface area contributed by atoms with Crippen molar-refractivity contribution >= 4 is 17.4 Å². The summed E-state index contributed by atoms with van der Waals surface area (Å²) in [6.07, 6.45) is 0. The van der Waals surface area contributed by atoms with Gasteiger partial charge >= 0.3 is 0 Å². The molecule has 102 valence electrons. The normalized spacial score (nSPS) is 11.6. The van der Waals surface area contributed by atoms with Crippen LogP contribution in [0.1, 0.15) is 26.5 Å². The number of ether oxygens (including phenoxy) is 1. The Morgan fingerprint density at radius 2 is 1.89 bits per heavy atom. The molecule has 0 amide bonds. The Balaban J connectivity index is 2.64. The van der Waals surface area contributed by atoms with Crippen LogP contribution in [0.5, 0.6) is 5.75 Å². The fourth-order valence-corrected chi connectivity index (χ4v) is 2.28. The van der Waals surface area contributed by atoms with Crippen LogP contribution in [0.3, 0.4) is 0 Å². The number of nitrogen functional groups attached to an aromatic ring is 1. The van der Waals surface area contributed by atoms with Crippen molar-refractivity contribution in [3.05, 3.63) is 35.0 Å². The Hall–Kier alpha value is -1.68. The second-order valence-corrected chi connectivity index (χ2v) is 5.76. The summed E-state index contributed by atoms with van der Waals surface area (Å²) in [5, 5.41) is 5.04. The first-order valence-corrected chi connectivity index (χ1v) is 6.42. The van der Waals surface area contributed by atoms with Gasteiger partial charge in [0.2, 0.25) is 0 Å². The number of rotatable bonds is 2. The average molecular weight is 280 g/mol. The van der Waals surface area contributed by atoms with Crippen LogP contribution in [-0.2, 0) is 5.41 Å². The summed E-state index contributed by atoms with van der Waals surface area (Å²) in [4.78, 5) is 0. The monoisotopic (exact) mass is 279 g/mol. The lowest BCUT2D eigenvalue weighted by Gasteiger charge is -2.15. The molecule has 0 aliphatic heterocycles. The maximum absolute atomic E-state index is 6.29. The molecule has 0 radical (unpaired) electrons. The highest BCUT2D eigenvalue weighted by atomic mass is 35.5. The third-order valence-corrected chi connectivity index (χ3v) is 3.26. The maximum atomic E-state index is 6.29. The van der Waals surface area contributed by atoms with Crippen LogP contribution in [-0.4, -0.2) is 16.9 Å². The number of hydrogen-bond donors (Lipinski definition) is 1. The van der Waals surface area contributed by atoms with Crippen LogP contribution in [0.4, 0.5) is 5.82 Å². The van der Waals surface area contributed by atoms with Crippen LogP contribution in [0, 0.1) is 0 Å². The Kier molecular flexibility index (Phi) is 3.45. The smallest absolute Gasteiger partial charge is 0.146 e. The molecule has 0 aliphatic rings. The summed E-state index contributed by atoms with van der Waals surface area (Å²) >= 11 is 6.29. The zero-order valence-electron chi connectivity index (χ0n) is 11.6. The van der Waals surface area contributed by atoms with Crippen LogP contribution in [0.2, 0.25) is 5.02 Å². The molecule has 0 atom stereocenters. The molecule has 19 heavy (non-hydrogen) atoms. The number of hydrogen-bond acceptors (Lipinski definition) is 3. The highest BCUT2D eigenvalue weighted by molar-refractivity contribution is 6.33. The Morgan fingerprint density at radius 1 is 1.26 bits per heavy atom. The Bertz CT molecular complexity index is 599. The molecule has 1 aromatic heterocycles. The van der Waals surface area contributed by atoms with Gasteiger partial charge in [-0.3, -0.25) is 0 Å². The first kappa shape index (κ1) is 13.7. The number of nitrogens with zero attached hydrogens (tertiary/aromatic N) is 2. The number of methoxy groups -OCH3 is 1. The Labute approximate surface area is 118 Å². The summed E-state index contributed by atoms with van der Waals surface area (Å²) < 4.78 is 6.96. The summed E-state index contributed by atoms with van der Waals surface area (Å²) in [5.41, 5.74) is 7.45. The van der Waals surface area contributed by atoms with E-state index in [0.29, 0.717) is 16.6 Å². The minimum Gasteiger partial charge on any atom is -0.494 e. The van der Waals surface area contributed by atoms with Crippen molar-refractivity contribution in [1.29, 1.82) is 0 Å². The van der Waals surface area contributed by atoms with Gasteiger partial charge in [0, 0.05) is 5.41 Å². The van der Waals surface area contributed by atoms with Gasteiger partial charge in [-0.1, -0.05) is 44.5 Å². The molecular formula is C14H18ClN3O. The number of nitrogens with two attached hydrogens (primary N) is 1. The largest absolute Gasteiger partial charge is 0.494 e. The van der Waals surface area contributed by atoms with E-state index in [4.69, 9.17) is 22.1 Å². The standard InChI is InChI=1S/C14H18ClN3O/c1-14(2,3)12-11(15)13(16)18(17-12)9-7-5-6-8-10(9)19-4/h5-8H,16H2,1-4H3. The van der Waals surface area contributed by atoms with E-state index in [1.807, 2.05) is 45.0 Å². The number of halogens is 1. The molecule has 2 rings (SSSR count). The zero-order valence-corrected chi connectivity index (χ0v) is 12.3. The molecule has 1 aromatic carbocycles. The second kappa shape index (κ2) is 4.78. The molecule has 0 aliphatic carbocycles.